The molecule has 2 aromatic heterocycles. The lowest BCUT2D eigenvalue weighted by Crippen LogP contribution is -2.60. The van der Waals surface area contributed by atoms with E-state index in [-0.39, 0.29) is 49.3 Å². The quantitative estimate of drug-likeness (QED) is 0.133. The van der Waals surface area contributed by atoms with Crippen LogP contribution in [0, 0.1) is 11.3 Å². The molecule has 310 valence electrons. The fourth-order valence-electron chi connectivity index (χ4n) is 6.65. The zero-order valence-electron chi connectivity index (χ0n) is 33.9. The molecule has 3 amide bonds. The van der Waals surface area contributed by atoms with Crippen LogP contribution in [0.15, 0.2) is 18.3 Å². The van der Waals surface area contributed by atoms with Gasteiger partial charge in [-0.25, -0.2) is 4.98 Å². The lowest BCUT2D eigenvalue weighted by Gasteiger charge is -2.38. The molecule has 0 aliphatic heterocycles. The molecule has 2 fully saturated rings. The first-order valence-electron chi connectivity index (χ1n) is 19.8. The van der Waals surface area contributed by atoms with E-state index in [0.29, 0.717) is 36.2 Å². The number of anilines is 1. The fraction of sp³-hybridized carbons (Fsp3) is 0.692. The summed E-state index contributed by atoms with van der Waals surface area (Å²) in [7, 11) is 2.84. The standard InChI is InChI=1S/C39H60ClN9O7/c1-8-13-28(29(50)21-41-26-17-18-26)43-30(51)23-49(22-27(9-2)56-31-19-16-25(40)20-42-31)35(53)33(39(3,4)5)45-34(52)32(24-14-11-10-12-15-24)44-36-46-37(54-6)48-38(47-36)55-7/h16,19-20,24,26-28,32-33,41H,8-15,17-18,21-23H2,1-7H3,(H,43,51)(H,45,52)(H,44,46,47,48)/t27-,28+,32+,33-/m1/s1. The Labute approximate surface area is 335 Å². The van der Waals surface area contributed by atoms with E-state index in [1.54, 1.807) is 12.1 Å². The van der Waals surface area contributed by atoms with Crippen LogP contribution in [0.3, 0.4) is 0 Å². The van der Waals surface area contributed by atoms with Gasteiger partial charge in [0.1, 0.15) is 18.2 Å². The lowest BCUT2D eigenvalue weighted by molar-refractivity contribution is -0.143. The summed E-state index contributed by atoms with van der Waals surface area (Å²) >= 11 is 6.05. The van der Waals surface area contributed by atoms with E-state index in [1.807, 2.05) is 34.6 Å². The van der Waals surface area contributed by atoms with Crippen LogP contribution in [0.1, 0.15) is 98.8 Å². The van der Waals surface area contributed by atoms with E-state index in [1.165, 1.54) is 25.3 Å². The largest absolute Gasteiger partial charge is 0.472 e. The van der Waals surface area contributed by atoms with E-state index in [0.717, 1.165) is 44.9 Å². The second-order valence-electron chi connectivity index (χ2n) is 15.7. The molecule has 17 heteroatoms. The summed E-state index contributed by atoms with van der Waals surface area (Å²) in [4.78, 5) is 74.6. The van der Waals surface area contributed by atoms with Gasteiger partial charge in [-0.3, -0.25) is 19.2 Å². The van der Waals surface area contributed by atoms with E-state index in [9.17, 15) is 19.2 Å². The van der Waals surface area contributed by atoms with Gasteiger partial charge in [0.05, 0.1) is 44.9 Å². The fourth-order valence-corrected chi connectivity index (χ4v) is 6.77. The van der Waals surface area contributed by atoms with E-state index in [4.69, 9.17) is 25.8 Å². The van der Waals surface area contributed by atoms with E-state index < -0.39 is 47.4 Å². The first-order chi connectivity index (χ1) is 26.7. The van der Waals surface area contributed by atoms with Crippen molar-refractivity contribution in [1.82, 2.24) is 40.8 Å². The average Bonchev–Trinajstić information content (AvgIpc) is 4.02. The summed E-state index contributed by atoms with van der Waals surface area (Å²) in [6, 6.07) is 1.07. The third-order valence-electron chi connectivity index (χ3n) is 10.0. The van der Waals surface area contributed by atoms with Crippen molar-refractivity contribution in [3.8, 4) is 17.9 Å². The minimum atomic E-state index is -1.07. The maximum absolute atomic E-state index is 14.8. The van der Waals surface area contributed by atoms with Crippen molar-refractivity contribution in [3.63, 3.8) is 0 Å². The topological polar surface area (TPSA) is 199 Å². The van der Waals surface area contributed by atoms with Crippen molar-refractivity contribution in [1.29, 1.82) is 0 Å². The van der Waals surface area contributed by atoms with Crippen LogP contribution in [0.2, 0.25) is 5.02 Å². The van der Waals surface area contributed by atoms with Crippen molar-refractivity contribution in [3.05, 3.63) is 23.4 Å². The molecule has 2 aliphatic rings. The normalized spacial score (nSPS) is 16.8. The number of aromatic nitrogens is 4. The third kappa shape index (κ3) is 13.7. The van der Waals surface area contributed by atoms with Crippen LogP contribution in [0.25, 0.3) is 0 Å². The Balaban J connectivity index is 1.62. The minimum absolute atomic E-state index is 0.000114. The molecule has 2 heterocycles. The second-order valence-corrected chi connectivity index (χ2v) is 16.1. The molecule has 16 nitrogen and oxygen atoms in total. The van der Waals surface area contributed by atoms with Crippen LogP contribution in [-0.4, -0.2) is 112 Å². The molecule has 0 bridgehead atoms. The van der Waals surface area contributed by atoms with Gasteiger partial charge in [0.15, 0.2) is 5.78 Å². The minimum Gasteiger partial charge on any atom is -0.472 e. The summed E-state index contributed by atoms with van der Waals surface area (Å²) in [6.07, 6.45) is 9.10. The zero-order chi connectivity index (χ0) is 40.8. The van der Waals surface area contributed by atoms with Gasteiger partial charge in [0, 0.05) is 18.3 Å². The van der Waals surface area contributed by atoms with Crippen LogP contribution < -0.4 is 35.5 Å². The van der Waals surface area contributed by atoms with E-state index >= 15 is 0 Å². The Kier molecular flexibility index (Phi) is 16.9. The number of nitrogens with one attached hydrogen (secondary N) is 4. The van der Waals surface area contributed by atoms with Crippen LogP contribution in [0.5, 0.6) is 17.9 Å². The second kappa shape index (κ2) is 21.3. The highest BCUT2D eigenvalue weighted by Gasteiger charge is 2.40. The predicted octanol–water partition coefficient (Wildman–Crippen LogP) is 4.12. The number of carbonyl (C=O) groups is 4. The number of methoxy groups -OCH3 is 2. The molecule has 4 N–H and O–H groups in total. The highest BCUT2D eigenvalue weighted by molar-refractivity contribution is 6.30. The van der Waals surface area contributed by atoms with Gasteiger partial charge in [-0.2, -0.15) is 9.97 Å². The molecule has 2 aromatic rings. The molecule has 2 saturated carbocycles. The molecule has 0 aromatic carbocycles. The lowest BCUT2D eigenvalue weighted by atomic mass is 9.82. The Morgan fingerprint density at radius 1 is 0.946 bits per heavy atom. The highest BCUT2D eigenvalue weighted by atomic mass is 35.5. The van der Waals surface area contributed by atoms with Gasteiger partial charge in [-0.1, -0.05) is 71.9 Å². The van der Waals surface area contributed by atoms with Crippen LogP contribution in [-0.2, 0) is 19.2 Å². The molecule has 4 rings (SSSR count). The first kappa shape index (κ1) is 44.4. The molecule has 0 saturated heterocycles. The van der Waals surface area contributed by atoms with Gasteiger partial charge < -0.3 is 40.4 Å². The molecular weight excluding hydrogens is 742 g/mol. The van der Waals surface area contributed by atoms with Gasteiger partial charge in [-0.15, -0.1) is 4.98 Å². The van der Waals surface area contributed by atoms with Gasteiger partial charge in [-0.05, 0) is 55.9 Å². The first-order valence-corrected chi connectivity index (χ1v) is 20.2. The number of carbonyl (C=O) groups excluding carboxylic acids is 4. The number of pyridine rings is 1. The average molecular weight is 802 g/mol. The summed E-state index contributed by atoms with van der Waals surface area (Å²) in [5.74, 6) is -1.17. The molecule has 0 spiro atoms. The van der Waals surface area contributed by atoms with Gasteiger partial charge in [0.2, 0.25) is 29.5 Å². The number of hydrogen-bond donors (Lipinski definition) is 4. The summed E-state index contributed by atoms with van der Waals surface area (Å²) < 4.78 is 16.6. The van der Waals surface area contributed by atoms with Crippen molar-refractivity contribution >= 4 is 41.1 Å². The summed E-state index contributed by atoms with van der Waals surface area (Å²) in [5.41, 5.74) is -0.798. The predicted molar refractivity (Wildman–Crippen MR) is 212 cm³/mol. The van der Waals surface area contributed by atoms with Crippen molar-refractivity contribution in [2.24, 2.45) is 11.3 Å². The zero-order valence-corrected chi connectivity index (χ0v) is 34.6. The van der Waals surface area contributed by atoms with Crippen molar-refractivity contribution in [2.75, 3.05) is 39.2 Å². The molecule has 0 unspecified atom stereocenters. The van der Waals surface area contributed by atoms with Gasteiger partial charge in [0.25, 0.3) is 0 Å². The number of hydrogen-bond acceptors (Lipinski definition) is 13. The maximum Gasteiger partial charge on any atom is 0.324 e. The van der Waals surface area contributed by atoms with E-state index in [2.05, 4.69) is 41.2 Å². The SMILES string of the molecule is CCC[C@H](NC(=O)CN(C[C@@H](CC)Oc1ccc(Cl)cn1)C(=O)[C@@H](NC(=O)[C@@H](Nc1nc(OC)nc(OC)n1)C1CCCCC1)C(C)(C)C)C(=O)CNC1CC1. The Morgan fingerprint density at radius 3 is 2.18 bits per heavy atom. The third-order valence-corrected chi connectivity index (χ3v) is 10.2. The number of ketones is 1. The smallest absolute Gasteiger partial charge is 0.324 e. The number of amides is 3. The molecule has 56 heavy (non-hydrogen) atoms. The number of nitrogens with zero attached hydrogens (tertiary/aromatic N) is 5. The van der Waals surface area contributed by atoms with Crippen LogP contribution >= 0.6 is 11.6 Å². The Morgan fingerprint density at radius 2 is 1.62 bits per heavy atom. The van der Waals surface area contributed by atoms with Crippen molar-refractivity contribution < 1.29 is 33.4 Å². The number of Topliss-reactive ketones (excluding diaryl/α,β-unsaturated/α-hetero) is 1. The summed E-state index contributed by atoms with van der Waals surface area (Å²) in [5, 5.41) is 12.8. The van der Waals surface area contributed by atoms with Gasteiger partial charge >= 0.3 is 12.0 Å². The Bertz CT molecular complexity index is 1580. The monoisotopic (exact) mass is 801 g/mol. The molecular formula is C39H60ClN9O7. The molecule has 0 radical (unpaired) electrons. The number of halogens is 1. The molecule has 2 aliphatic carbocycles. The molecule has 4 atom stereocenters. The summed E-state index contributed by atoms with van der Waals surface area (Å²) in [6.45, 7) is 9.21. The van der Waals surface area contributed by atoms with Crippen molar-refractivity contribution in [2.45, 2.75) is 129 Å². The Hall–Kier alpha value is -4.31. The highest BCUT2D eigenvalue weighted by Crippen LogP contribution is 2.30. The van der Waals surface area contributed by atoms with Crippen LogP contribution in [0.4, 0.5) is 5.95 Å². The number of ether oxygens (including phenoxy) is 3. The number of rotatable bonds is 22. The maximum atomic E-state index is 14.8.